The van der Waals surface area contributed by atoms with Crippen LogP contribution in [0.3, 0.4) is 0 Å². The van der Waals surface area contributed by atoms with E-state index in [1.165, 1.54) is 5.56 Å². The summed E-state index contributed by atoms with van der Waals surface area (Å²) in [6.45, 7) is 7.53. The molecule has 0 bridgehead atoms. The number of aryl methyl sites for hydroxylation is 2. The summed E-state index contributed by atoms with van der Waals surface area (Å²) in [5, 5.41) is 3.29. The summed E-state index contributed by atoms with van der Waals surface area (Å²) in [6.07, 6.45) is 2.07. The van der Waals surface area contributed by atoms with Gasteiger partial charge in [0, 0.05) is 18.3 Å². The molecule has 2 aromatic rings. The van der Waals surface area contributed by atoms with Crippen molar-refractivity contribution in [3.05, 3.63) is 47.4 Å². The number of nitrogens with one attached hydrogen (secondary N) is 1. The molecule has 4 heteroatoms. The molecule has 1 N–H and O–H groups in total. The molecule has 0 spiro atoms. The molecule has 1 heterocycles. The standard InChI is InChI=1S/C17H23N3O/c1-4-9-18-16-10-13(3)19-17(20-16)12-21-15-8-6-7-14(5-2)11-15/h6-8,10-11H,4-5,9,12H2,1-3H3,(H,18,19,20). The molecule has 0 saturated heterocycles. The van der Waals surface area contributed by atoms with Crippen molar-refractivity contribution in [2.24, 2.45) is 0 Å². The van der Waals surface area contributed by atoms with E-state index in [2.05, 4.69) is 41.3 Å². The number of hydrogen-bond donors (Lipinski definition) is 1. The smallest absolute Gasteiger partial charge is 0.168 e. The second kappa shape index (κ2) is 7.62. The van der Waals surface area contributed by atoms with Crippen LogP contribution in [0, 0.1) is 6.92 Å². The SMILES string of the molecule is CCCNc1cc(C)nc(COc2cccc(CC)c2)n1. The zero-order valence-corrected chi connectivity index (χ0v) is 13.0. The lowest BCUT2D eigenvalue weighted by Gasteiger charge is -2.09. The summed E-state index contributed by atoms with van der Waals surface area (Å²) in [5.74, 6) is 2.43. The number of hydrogen-bond acceptors (Lipinski definition) is 4. The Labute approximate surface area is 126 Å². The van der Waals surface area contributed by atoms with Gasteiger partial charge in [-0.25, -0.2) is 9.97 Å². The van der Waals surface area contributed by atoms with Crippen LogP contribution in [0.1, 0.15) is 37.4 Å². The zero-order chi connectivity index (χ0) is 15.1. The molecule has 1 aromatic carbocycles. The molecule has 112 valence electrons. The van der Waals surface area contributed by atoms with Crippen LogP contribution < -0.4 is 10.1 Å². The van der Waals surface area contributed by atoms with Gasteiger partial charge in [0.1, 0.15) is 18.2 Å². The van der Waals surface area contributed by atoms with Gasteiger partial charge < -0.3 is 10.1 Å². The number of rotatable bonds is 7. The molecule has 1 aromatic heterocycles. The maximum atomic E-state index is 5.80. The van der Waals surface area contributed by atoms with E-state index in [0.29, 0.717) is 12.4 Å². The fraction of sp³-hybridized carbons (Fsp3) is 0.412. The average molecular weight is 285 g/mol. The van der Waals surface area contributed by atoms with Crippen LogP contribution in [0.5, 0.6) is 5.75 Å². The first-order valence-electron chi connectivity index (χ1n) is 7.51. The van der Waals surface area contributed by atoms with Crippen LogP contribution >= 0.6 is 0 Å². The summed E-state index contributed by atoms with van der Waals surface area (Å²) in [6, 6.07) is 10.1. The highest BCUT2D eigenvalue weighted by atomic mass is 16.5. The highest BCUT2D eigenvalue weighted by molar-refractivity contribution is 5.35. The van der Waals surface area contributed by atoms with E-state index in [1.54, 1.807) is 0 Å². The third-order valence-electron chi connectivity index (χ3n) is 3.13. The lowest BCUT2D eigenvalue weighted by Crippen LogP contribution is -2.08. The molecule has 0 amide bonds. The lowest BCUT2D eigenvalue weighted by atomic mass is 10.2. The first-order chi connectivity index (χ1) is 10.2. The third kappa shape index (κ3) is 4.74. The van der Waals surface area contributed by atoms with Crippen molar-refractivity contribution >= 4 is 5.82 Å². The number of benzene rings is 1. The van der Waals surface area contributed by atoms with Crippen LogP contribution in [0.25, 0.3) is 0 Å². The molecule has 4 nitrogen and oxygen atoms in total. The second-order valence-corrected chi connectivity index (χ2v) is 5.03. The van der Waals surface area contributed by atoms with Crippen molar-refractivity contribution in [1.82, 2.24) is 9.97 Å². The Morgan fingerprint density at radius 3 is 2.76 bits per heavy atom. The van der Waals surface area contributed by atoms with Crippen LogP contribution in [0.15, 0.2) is 30.3 Å². The Morgan fingerprint density at radius 2 is 2.00 bits per heavy atom. The highest BCUT2D eigenvalue weighted by Gasteiger charge is 2.03. The highest BCUT2D eigenvalue weighted by Crippen LogP contribution is 2.15. The molecule has 0 saturated carbocycles. The topological polar surface area (TPSA) is 47.0 Å². The van der Waals surface area contributed by atoms with Crippen LogP contribution in [-0.2, 0) is 13.0 Å². The van der Waals surface area contributed by atoms with Crippen molar-refractivity contribution in [3.63, 3.8) is 0 Å². The Bertz CT molecular complexity index is 584. The molecule has 0 aliphatic carbocycles. The van der Waals surface area contributed by atoms with E-state index in [0.717, 1.165) is 36.6 Å². The maximum absolute atomic E-state index is 5.80. The molecule has 0 radical (unpaired) electrons. The van der Waals surface area contributed by atoms with Gasteiger partial charge in [-0.3, -0.25) is 0 Å². The van der Waals surface area contributed by atoms with Crippen molar-refractivity contribution in [2.75, 3.05) is 11.9 Å². The lowest BCUT2D eigenvalue weighted by molar-refractivity contribution is 0.295. The van der Waals surface area contributed by atoms with E-state index in [9.17, 15) is 0 Å². The molecular formula is C17H23N3O. The summed E-state index contributed by atoms with van der Waals surface area (Å²) >= 11 is 0. The van der Waals surface area contributed by atoms with Gasteiger partial charge in [-0.05, 0) is 37.5 Å². The predicted molar refractivity (Wildman–Crippen MR) is 85.7 cm³/mol. The van der Waals surface area contributed by atoms with Crippen molar-refractivity contribution < 1.29 is 4.74 Å². The third-order valence-corrected chi connectivity index (χ3v) is 3.13. The normalized spacial score (nSPS) is 10.4. The van der Waals surface area contributed by atoms with Crippen molar-refractivity contribution in [2.45, 2.75) is 40.2 Å². The van der Waals surface area contributed by atoms with E-state index in [4.69, 9.17) is 4.74 Å². The molecule has 0 fully saturated rings. The van der Waals surface area contributed by atoms with E-state index < -0.39 is 0 Å². The molecule has 0 unspecified atom stereocenters. The molecule has 0 aliphatic rings. The Hall–Kier alpha value is -2.10. The largest absolute Gasteiger partial charge is 0.486 e. The number of nitrogens with zero attached hydrogens (tertiary/aromatic N) is 2. The molecular weight excluding hydrogens is 262 g/mol. The van der Waals surface area contributed by atoms with Gasteiger partial charge in [-0.15, -0.1) is 0 Å². The van der Waals surface area contributed by atoms with E-state index >= 15 is 0 Å². The van der Waals surface area contributed by atoms with Crippen LogP contribution in [0.2, 0.25) is 0 Å². The van der Waals surface area contributed by atoms with Gasteiger partial charge >= 0.3 is 0 Å². The summed E-state index contributed by atoms with van der Waals surface area (Å²) < 4.78 is 5.80. The minimum Gasteiger partial charge on any atom is -0.486 e. The maximum Gasteiger partial charge on any atom is 0.168 e. The number of anilines is 1. The summed E-state index contributed by atoms with van der Waals surface area (Å²) in [4.78, 5) is 8.90. The minimum absolute atomic E-state index is 0.385. The second-order valence-electron chi connectivity index (χ2n) is 5.03. The Balaban J connectivity index is 2.03. The average Bonchev–Trinajstić information content (AvgIpc) is 2.50. The molecule has 0 atom stereocenters. The van der Waals surface area contributed by atoms with Gasteiger partial charge in [0.15, 0.2) is 5.82 Å². The van der Waals surface area contributed by atoms with Gasteiger partial charge in [-0.2, -0.15) is 0 Å². The first kappa shape index (κ1) is 15.3. The predicted octanol–water partition coefficient (Wildman–Crippen LogP) is 3.75. The van der Waals surface area contributed by atoms with E-state index in [-0.39, 0.29) is 0 Å². The van der Waals surface area contributed by atoms with Gasteiger partial charge in [0.25, 0.3) is 0 Å². The van der Waals surface area contributed by atoms with Crippen molar-refractivity contribution in [1.29, 1.82) is 0 Å². The zero-order valence-electron chi connectivity index (χ0n) is 13.0. The first-order valence-corrected chi connectivity index (χ1v) is 7.51. The number of ether oxygens (including phenoxy) is 1. The fourth-order valence-corrected chi connectivity index (χ4v) is 2.04. The van der Waals surface area contributed by atoms with E-state index in [1.807, 2.05) is 25.1 Å². The monoisotopic (exact) mass is 285 g/mol. The summed E-state index contributed by atoms with van der Waals surface area (Å²) in [7, 11) is 0. The fourth-order valence-electron chi connectivity index (χ4n) is 2.04. The Morgan fingerprint density at radius 1 is 1.14 bits per heavy atom. The Kier molecular flexibility index (Phi) is 5.55. The van der Waals surface area contributed by atoms with Gasteiger partial charge in [0.2, 0.25) is 0 Å². The number of aromatic nitrogens is 2. The van der Waals surface area contributed by atoms with Gasteiger partial charge in [-0.1, -0.05) is 26.0 Å². The quantitative estimate of drug-likeness (QED) is 0.841. The van der Waals surface area contributed by atoms with Crippen LogP contribution in [-0.4, -0.2) is 16.5 Å². The van der Waals surface area contributed by atoms with Crippen molar-refractivity contribution in [3.8, 4) is 5.75 Å². The van der Waals surface area contributed by atoms with Crippen LogP contribution in [0.4, 0.5) is 5.82 Å². The summed E-state index contributed by atoms with van der Waals surface area (Å²) in [5.41, 5.74) is 2.22. The molecule has 21 heavy (non-hydrogen) atoms. The molecule has 0 aliphatic heterocycles. The minimum atomic E-state index is 0.385. The van der Waals surface area contributed by atoms with Gasteiger partial charge in [0.05, 0.1) is 0 Å². The molecule has 2 rings (SSSR count).